The highest BCUT2D eigenvalue weighted by atomic mass is 16.6. The number of methoxy groups -OCH3 is 1. The van der Waals surface area contributed by atoms with Crippen LogP contribution in [-0.2, 0) is 19.0 Å². The molecule has 1 aliphatic carbocycles. The Balaban J connectivity index is 1.83. The van der Waals surface area contributed by atoms with E-state index in [4.69, 9.17) is 14.2 Å². The monoisotopic (exact) mass is 278 g/mol. The van der Waals surface area contributed by atoms with Gasteiger partial charge in [-0.05, 0) is 39.3 Å². The van der Waals surface area contributed by atoms with Crippen molar-refractivity contribution in [3.8, 4) is 0 Å². The molecule has 110 valence electrons. The molecule has 5 unspecified atom stereocenters. The van der Waals surface area contributed by atoms with Crippen LogP contribution in [0, 0.1) is 5.92 Å². The molecule has 4 nitrogen and oxygen atoms in total. The van der Waals surface area contributed by atoms with Crippen molar-refractivity contribution >= 4 is 5.78 Å². The zero-order chi connectivity index (χ0) is 14.5. The van der Waals surface area contributed by atoms with Gasteiger partial charge < -0.3 is 14.2 Å². The first-order valence-electron chi connectivity index (χ1n) is 7.14. The van der Waals surface area contributed by atoms with Gasteiger partial charge in [-0.2, -0.15) is 0 Å². The molecule has 2 fully saturated rings. The Kier molecular flexibility index (Phi) is 3.16. The van der Waals surface area contributed by atoms with Crippen LogP contribution in [0.1, 0.15) is 27.2 Å². The zero-order valence-electron chi connectivity index (χ0n) is 12.5. The third-order valence-corrected chi connectivity index (χ3v) is 4.71. The van der Waals surface area contributed by atoms with Crippen LogP contribution in [0.5, 0.6) is 0 Å². The largest absolute Gasteiger partial charge is 0.373 e. The van der Waals surface area contributed by atoms with Crippen molar-refractivity contribution in [3.05, 3.63) is 23.8 Å². The van der Waals surface area contributed by atoms with Crippen molar-refractivity contribution in [1.82, 2.24) is 0 Å². The molecule has 1 spiro atoms. The Bertz CT molecular complexity index is 485. The second kappa shape index (κ2) is 4.52. The van der Waals surface area contributed by atoms with E-state index in [0.29, 0.717) is 6.61 Å². The minimum atomic E-state index is -0.468. The molecule has 20 heavy (non-hydrogen) atoms. The van der Waals surface area contributed by atoms with Crippen LogP contribution in [0.3, 0.4) is 0 Å². The number of carbonyl (C=O) groups excluding carboxylic acids is 1. The summed E-state index contributed by atoms with van der Waals surface area (Å²) in [4.78, 5) is 12.1. The summed E-state index contributed by atoms with van der Waals surface area (Å²) in [5.41, 5.74) is 0.579. The van der Waals surface area contributed by atoms with Gasteiger partial charge in [-0.25, -0.2) is 0 Å². The Morgan fingerprint density at radius 1 is 1.55 bits per heavy atom. The van der Waals surface area contributed by atoms with Crippen LogP contribution in [0.4, 0.5) is 0 Å². The molecule has 0 aromatic heterocycles. The van der Waals surface area contributed by atoms with E-state index in [2.05, 4.69) is 26.8 Å². The number of ether oxygens (including phenoxy) is 3. The molecule has 2 aliphatic heterocycles. The number of ketones is 1. The Labute approximate surface area is 119 Å². The smallest absolute Gasteiger partial charge is 0.184 e. The lowest BCUT2D eigenvalue weighted by atomic mass is 9.72. The van der Waals surface area contributed by atoms with E-state index in [1.54, 1.807) is 13.2 Å². The van der Waals surface area contributed by atoms with Gasteiger partial charge in [0.15, 0.2) is 5.78 Å². The molecule has 3 aliphatic rings. The van der Waals surface area contributed by atoms with Crippen molar-refractivity contribution in [2.75, 3.05) is 13.7 Å². The molecule has 2 heterocycles. The van der Waals surface area contributed by atoms with Gasteiger partial charge in [0.05, 0.1) is 18.6 Å². The van der Waals surface area contributed by atoms with Crippen LogP contribution < -0.4 is 0 Å². The minimum Gasteiger partial charge on any atom is -0.373 e. The number of allylic oxidation sites excluding steroid dienone is 1. The number of hydrogen-bond donors (Lipinski definition) is 0. The van der Waals surface area contributed by atoms with E-state index in [-0.39, 0.29) is 29.0 Å². The fourth-order valence-electron chi connectivity index (χ4n) is 3.41. The SMILES string of the molecule is COC1C(=O)C=CC2(CO2)C1C1(C)OC1CC=C(C)C. The van der Waals surface area contributed by atoms with Gasteiger partial charge in [0, 0.05) is 7.11 Å². The fraction of sp³-hybridized carbons (Fsp3) is 0.688. The van der Waals surface area contributed by atoms with E-state index < -0.39 is 6.10 Å². The number of hydrogen-bond acceptors (Lipinski definition) is 4. The molecular weight excluding hydrogens is 256 g/mol. The van der Waals surface area contributed by atoms with Gasteiger partial charge >= 0.3 is 0 Å². The Morgan fingerprint density at radius 3 is 2.80 bits per heavy atom. The molecule has 0 aromatic rings. The van der Waals surface area contributed by atoms with Crippen LogP contribution in [0.25, 0.3) is 0 Å². The van der Waals surface area contributed by atoms with Crippen LogP contribution >= 0.6 is 0 Å². The molecule has 0 N–H and O–H groups in total. The summed E-state index contributed by atoms with van der Waals surface area (Å²) in [6.07, 6.45) is 6.21. The van der Waals surface area contributed by atoms with E-state index >= 15 is 0 Å². The first-order chi connectivity index (χ1) is 9.43. The summed E-state index contributed by atoms with van der Waals surface area (Å²) in [6, 6.07) is 0. The molecule has 0 amide bonds. The van der Waals surface area contributed by atoms with Crippen LogP contribution in [0.15, 0.2) is 23.8 Å². The van der Waals surface area contributed by atoms with Gasteiger partial charge in [-0.3, -0.25) is 4.79 Å². The van der Waals surface area contributed by atoms with E-state index in [1.807, 2.05) is 6.08 Å². The maximum absolute atomic E-state index is 12.1. The third kappa shape index (κ3) is 2.07. The highest BCUT2D eigenvalue weighted by Gasteiger charge is 2.70. The Morgan fingerprint density at radius 2 is 2.25 bits per heavy atom. The second-order valence-electron chi connectivity index (χ2n) is 6.42. The van der Waals surface area contributed by atoms with E-state index in [1.165, 1.54) is 5.57 Å². The average Bonchev–Trinajstić information content (AvgIpc) is 3.29. The summed E-state index contributed by atoms with van der Waals surface area (Å²) < 4.78 is 17.1. The first kappa shape index (κ1) is 14.0. The molecule has 0 aromatic carbocycles. The maximum atomic E-state index is 12.1. The molecule has 2 saturated heterocycles. The topological polar surface area (TPSA) is 51.4 Å². The highest BCUT2D eigenvalue weighted by molar-refractivity contribution is 5.95. The molecular formula is C16H22O4. The maximum Gasteiger partial charge on any atom is 0.184 e. The van der Waals surface area contributed by atoms with Crippen LogP contribution in [0.2, 0.25) is 0 Å². The van der Waals surface area contributed by atoms with Crippen molar-refractivity contribution in [1.29, 1.82) is 0 Å². The van der Waals surface area contributed by atoms with Gasteiger partial charge in [0.25, 0.3) is 0 Å². The average molecular weight is 278 g/mol. The predicted molar refractivity (Wildman–Crippen MR) is 74.4 cm³/mol. The highest BCUT2D eigenvalue weighted by Crippen LogP contribution is 2.57. The van der Waals surface area contributed by atoms with Gasteiger partial charge in [-0.15, -0.1) is 0 Å². The lowest BCUT2D eigenvalue weighted by Crippen LogP contribution is -2.50. The summed E-state index contributed by atoms with van der Waals surface area (Å²) in [6.45, 7) is 6.88. The van der Waals surface area contributed by atoms with Crippen molar-refractivity contribution in [2.24, 2.45) is 5.92 Å². The minimum absolute atomic E-state index is 0.0105. The summed E-state index contributed by atoms with van der Waals surface area (Å²) >= 11 is 0. The van der Waals surface area contributed by atoms with Crippen molar-refractivity contribution < 1.29 is 19.0 Å². The normalized spacial score (nSPS) is 45.6. The fourth-order valence-corrected chi connectivity index (χ4v) is 3.41. The molecule has 3 rings (SSSR count). The van der Waals surface area contributed by atoms with E-state index in [0.717, 1.165) is 6.42 Å². The molecule has 4 heteroatoms. The van der Waals surface area contributed by atoms with Crippen molar-refractivity contribution in [3.63, 3.8) is 0 Å². The first-order valence-corrected chi connectivity index (χ1v) is 7.14. The number of carbonyl (C=O) groups is 1. The van der Waals surface area contributed by atoms with E-state index in [9.17, 15) is 4.79 Å². The number of epoxide rings is 2. The predicted octanol–water partition coefficient (Wildman–Crippen LogP) is 2.04. The molecule has 0 bridgehead atoms. The third-order valence-electron chi connectivity index (χ3n) is 4.71. The van der Waals surface area contributed by atoms with Crippen molar-refractivity contribution in [2.45, 2.75) is 50.6 Å². The molecule has 0 saturated carbocycles. The Hall–Kier alpha value is -0.970. The lowest BCUT2D eigenvalue weighted by Gasteiger charge is -2.34. The quantitative estimate of drug-likeness (QED) is 0.583. The number of rotatable bonds is 4. The second-order valence-corrected chi connectivity index (χ2v) is 6.42. The lowest BCUT2D eigenvalue weighted by molar-refractivity contribution is -0.132. The van der Waals surface area contributed by atoms with Gasteiger partial charge in [0.1, 0.15) is 17.3 Å². The molecule has 0 radical (unpaired) electrons. The van der Waals surface area contributed by atoms with Gasteiger partial charge in [-0.1, -0.05) is 11.6 Å². The summed E-state index contributed by atoms with van der Waals surface area (Å²) in [7, 11) is 1.58. The standard InChI is InChI=1S/C16H22O4/c1-10(2)5-6-12-15(3,20-12)14-13(18-4)11(17)7-8-16(14)9-19-16/h5,7-8,12-14H,6,9H2,1-4H3. The molecule has 5 atom stereocenters. The summed E-state index contributed by atoms with van der Waals surface area (Å²) in [5, 5.41) is 0. The van der Waals surface area contributed by atoms with Crippen LogP contribution in [-0.4, -0.2) is 42.9 Å². The zero-order valence-corrected chi connectivity index (χ0v) is 12.5. The summed E-state index contributed by atoms with van der Waals surface area (Å²) in [5.74, 6) is -0.0515. The van der Waals surface area contributed by atoms with Gasteiger partial charge in [0.2, 0.25) is 0 Å².